The van der Waals surface area contributed by atoms with E-state index in [2.05, 4.69) is 26.7 Å². The molecule has 2 N–H and O–H groups in total. The summed E-state index contributed by atoms with van der Waals surface area (Å²) in [5.41, 5.74) is 5.77. The molecule has 0 aliphatic rings. The Morgan fingerprint density at radius 1 is 1.00 bits per heavy atom. The number of hydrogen-bond donors (Lipinski definition) is 2. The Hall–Kier alpha value is -3.47. The topological polar surface area (TPSA) is 66.4 Å². The maximum atomic E-state index is 12.7. The molecule has 142 valence electrons. The molecule has 0 aliphatic heterocycles. The summed E-state index contributed by atoms with van der Waals surface area (Å²) in [5, 5.41) is 6.17. The average Bonchev–Trinajstić information content (AvgIpc) is 2.70. The van der Waals surface area contributed by atoms with Crippen LogP contribution in [-0.4, -0.2) is 16.9 Å². The lowest BCUT2D eigenvalue weighted by Gasteiger charge is -2.14. The van der Waals surface area contributed by atoms with Gasteiger partial charge in [0.2, 0.25) is 5.96 Å². The van der Waals surface area contributed by atoms with E-state index >= 15 is 0 Å². The lowest BCUT2D eigenvalue weighted by molar-refractivity contribution is 0.0977. The van der Waals surface area contributed by atoms with Gasteiger partial charge in [-0.2, -0.15) is 0 Å². The number of benzene rings is 2. The van der Waals surface area contributed by atoms with Gasteiger partial charge >= 0.3 is 0 Å². The fourth-order valence-electron chi connectivity index (χ4n) is 2.66. The van der Waals surface area contributed by atoms with Crippen molar-refractivity contribution in [2.24, 2.45) is 4.99 Å². The Morgan fingerprint density at radius 2 is 1.75 bits per heavy atom. The number of pyridine rings is 1. The molecule has 0 bridgehead atoms. The van der Waals surface area contributed by atoms with Crippen molar-refractivity contribution in [1.29, 1.82) is 0 Å². The summed E-state index contributed by atoms with van der Waals surface area (Å²) in [6.45, 7) is 6.45. The largest absolute Gasteiger partial charge is 0.326 e. The minimum atomic E-state index is -0.206. The van der Waals surface area contributed by atoms with E-state index in [1.807, 2.05) is 57.2 Å². The number of aromatic nitrogens is 1. The van der Waals surface area contributed by atoms with Gasteiger partial charge in [-0.1, -0.05) is 35.9 Å². The van der Waals surface area contributed by atoms with Crippen LogP contribution in [0.1, 0.15) is 32.6 Å². The molecule has 0 saturated heterocycles. The molecule has 0 saturated carbocycles. The van der Waals surface area contributed by atoms with Crippen molar-refractivity contribution >= 4 is 17.6 Å². The molecular weight excluding hydrogens is 348 g/mol. The summed E-state index contributed by atoms with van der Waals surface area (Å²) in [7, 11) is 0. The fraction of sp³-hybridized carbons (Fsp3) is 0.174. The predicted octanol–water partition coefficient (Wildman–Crippen LogP) is 4.40. The lowest BCUT2D eigenvalue weighted by Crippen LogP contribution is -2.36. The van der Waals surface area contributed by atoms with Gasteiger partial charge in [-0.05, 0) is 61.7 Å². The number of carbonyl (C=O) groups excluding carboxylic acids is 1. The van der Waals surface area contributed by atoms with E-state index in [0.29, 0.717) is 18.1 Å². The summed E-state index contributed by atoms with van der Waals surface area (Å²) in [6, 6.07) is 17.4. The van der Waals surface area contributed by atoms with Crippen molar-refractivity contribution in [1.82, 2.24) is 10.3 Å². The number of carbonyl (C=O) groups is 1. The quantitative estimate of drug-likeness (QED) is 0.527. The number of nitrogens with one attached hydrogen (secondary N) is 2. The Balaban J connectivity index is 1.83. The second kappa shape index (κ2) is 8.95. The van der Waals surface area contributed by atoms with E-state index in [9.17, 15) is 4.79 Å². The molecular formula is C23H24N4O. The highest BCUT2D eigenvalue weighted by atomic mass is 16.1. The van der Waals surface area contributed by atoms with Crippen LogP contribution < -0.4 is 10.6 Å². The number of amides is 1. The van der Waals surface area contributed by atoms with Crippen LogP contribution in [0.15, 0.2) is 72.0 Å². The van der Waals surface area contributed by atoms with E-state index < -0.39 is 0 Å². The third kappa shape index (κ3) is 5.27. The Kier molecular flexibility index (Phi) is 6.17. The van der Waals surface area contributed by atoms with Gasteiger partial charge in [0, 0.05) is 23.6 Å². The Labute approximate surface area is 165 Å². The van der Waals surface area contributed by atoms with Gasteiger partial charge < -0.3 is 5.32 Å². The van der Waals surface area contributed by atoms with Gasteiger partial charge in [0.25, 0.3) is 5.91 Å². The molecule has 5 nitrogen and oxygen atoms in total. The number of rotatable bonds is 4. The zero-order valence-electron chi connectivity index (χ0n) is 16.4. The van der Waals surface area contributed by atoms with E-state index in [1.54, 1.807) is 24.5 Å². The summed E-state index contributed by atoms with van der Waals surface area (Å²) in [5.74, 6) is 0.200. The van der Waals surface area contributed by atoms with Crippen LogP contribution in [0.5, 0.6) is 0 Å². The monoisotopic (exact) mass is 372 g/mol. The maximum absolute atomic E-state index is 12.7. The van der Waals surface area contributed by atoms with Gasteiger partial charge in [-0.15, -0.1) is 0 Å². The van der Waals surface area contributed by atoms with Gasteiger partial charge in [0.05, 0.1) is 6.54 Å². The van der Waals surface area contributed by atoms with Crippen molar-refractivity contribution in [3.63, 3.8) is 0 Å². The first kappa shape index (κ1) is 19.3. The molecule has 1 aromatic heterocycles. The molecule has 0 atom stereocenters. The highest BCUT2D eigenvalue weighted by molar-refractivity contribution is 6.10. The van der Waals surface area contributed by atoms with Crippen LogP contribution in [0.2, 0.25) is 0 Å². The molecule has 0 spiro atoms. The zero-order valence-corrected chi connectivity index (χ0v) is 16.4. The van der Waals surface area contributed by atoms with Crippen molar-refractivity contribution in [3.05, 3.63) is 94.8 Å². The van der Waals surface area contributed by atoms with Crippen molar-refractivity contribution in [3.8, 4) is 0 Å². The van der Waals surface area contributed by atoms with E-state index in [0.717, 1.165) is 27.9 Å². The number of nitrogens with zero attached hydrogens (tertiary/aromatic N) is 2. The lowest BCUT2D eigenvalue weighted by atomic mass is 10.1. The predicted molar refractivity (Wildman–Crippen MR) is 114 cm³/mol. The second-order valence-corrected chi connectivity index (χ2v) is 6.79. The standard InChI is InChI=1S/C23H24N4O/c1-16-7-10-20(11-8-16)22(28)27-23(25-15-19-5-4-12-24-14-19)26-21-13-17(2)6-9-18(21)3/h4-14H,15H2,1-3H3,(H2,25,26,27,28). The molecule has 0 unspecified atom stereocenters. The van der Waals surface area contributed by atoms with Crippen LogP contribution in [0, 0.1) is 20.8 Å². The number of guanidine groups is 1. The smallest absolute Gasteiger partial charge is 0.257 e. The number of anilines is 1. The number of hydrogen-bond acceptors (Lipinski definition) is 3. The third-order valence-electron chi connectivity index (χ3n) is 4.33. The minimum absolute atomic E-state index is 0.206. The van der Waals surface area contributed by atoms with E-state index in [-0.39, 0.29) is 5.91 Å². The molecule has 0 fully saturated rings. The van der Waals surface area contributed by atoms with Crippen molar-refractivity contribution in [2.75, 3.05) is 5.32 Å². The molecule has 1 heterocycles. The van der Waals surface area contributed by atoms with Gasteiger partial charge in [0.15, 0.2) is 0 Å². The average molecular weight is 372 g/mol. The summed E-state index contributed by atoms with van der Waals surface area (Å²) in [6.07, 6.45) is 3.49. The van der Waals surface area contributed by atoms with Gasteiger partial charge in [-0.25, -0.2) is 4.99 Å². The van der Waals surface area contributed by atoms with Gasteiger partial charge in [-0.3, -0.25) is 15.1 Å². The molecule has 3 rings (SSSR count). The SMILES string of the molecule is Cc1ccc(C(=O)NC(=NCc2cccnc2)Nc2cc(C)ccc2C)cc1. The molecule has 0 aliphatic carbocycles. The molecule has 2 aromatic carbocycles. The van der Waals surface area contributed by atoms with Crippen molar-refractivity contribution in [2.45, 2.75) is 27.3 Å². The first-order chi connectivity index (χ1) is 13.5. The van der Waals surface area contributed by atoms with Crippen molar-refractivity contribution < 1.29 is 4.79 Å². The van der Waals surface area contributed by atoms with E-state index in [1.165, 1.54) is 0 Å². The number of aryl methyl sites for hydroxylation is 3. The molecule has 5 heteroatoms. The number of aliphatic imine (C=N–C) groups is 1. The first-order valence-corrected chi connectivity index (χ1v) is 9.17. The summed E-state index contributed by atoms with van der Waals surface area (Å²) in [4.78, 5) is 21.4. The molecule has 28 heavy (non-hydrogen) atoms. The van der Waals surface area contributed by atoms with Crippen LogP contribution in [0.3, 0.4) is 0 Å². The third-order valence-corrected chi connectivity index (χ3v) is 4.33. The Morgan fingerprint density at radius 3 is 2.46 bits per heavy atom. The van der Waals surface area contributed by atoms with Crippen LogP contribution in [0.25, 0.3) is 0 Å². The van der Waals surface area contributed by atoms with Crippen LogP contribution in [-0.2, 0) is 6.54 Å². The fourth-order valence-corrected chi connectivity index (χ4v) is 2.66. The highest BCUT2D eigenvalue weighted by Crippen LogP contribution is 2.16. The first-order valence-electron chi connectivity index (χ1n) is 9.17. The minimum Gasteiger partial charge on any atom is -0.326 e. The summed E-state index contributed by atoms with van der Waals surface area (Å²) < 4.78 is 0. The molecule has 0 radical (unpaired) electrons. The molecule has 3 aromatic rings. The maximum Gasteiger partial charge on any atom is 0.257 e. The van der Waals surface area contributed by atoms with E-state index in [4.69, 9.17) is 0 Å². The second-order valence-electron chi connectivity index (χ2n) is 6.79. The van der Waals surface area contributed by atoms with Crippen LogP contribution in [0.4, 0.5) is 5.69 Å². The Bertz CT molecular complexity index is 979. The van der Waals surface area contributed by atoms with Crippen LogP contribution >= 0.6 is 0 Å². The highest BCUT2D eigenvalue weighted by Gasteiger charge is 2.10. The molecule has 1 amide bonds. The summed E-state index contributed by atoms with van der Waals surface area (Å²) >= 11 is 0. The normalized spacial score (nSPS) is 11.2. The zero-order chi connectivity index (χ0) is 19.9. The van der Waals surface area contributed by atoms with Gasteiger partial charge in [0.1, 0.15) is 0 Å².